The Bertz CT molecular complexity index is 903. The zero-order valence-electron chi connectivity index (χ0n) is 13.8. The highest BCUT2D eigenvalue weighted by Gasteiger charge is 2.33. The minimum absolute atomic E-state index is 0.251. The number of hydrogen-bond donors (Lipinski definition) is 2. The van der Waals surface area contributed by atoms with E-state index in [1.807, 2.05) is 16.8 Å². The summed E-state index contributed by atoms with van der Waals surface area (Å²) in [7, 11) is 0. The van der Waals surface area contributed by atoms with Gasteiger partial charge in [0.25, 0.3) is 0 Å². The van der Waals surface area contributed by atoms with E-state index in [0.717, 1.165) is 37.6 Å². The highest BCUT2D eigenvalue weighted by Crippen LogP contribution is 2.35. The van der Waals surface area contributed by atoms with Gasteiger partial charge in [-0.2, -0.15) is 24.5 Å². The Balaban J connectivity index is 1.83. The minimum Gasteiger partial charge on any atom is -0.367 e. The van der Waals surface area contributed by atoms with E-state index in [9.17, 15) is 13.2 Å². The van der Waals surface area contributed by atoms with Gasteiger partial charge in [0.2, 0.25) is 0 Å². The fourth-order valence-electron chi connectivity index (χ4n) is 3.18. The van der Waals surface area contributed by atoms with Crippen molar-refractivity contribution in [3.05, 3.63) is 40.8 Å². The van der Waals surface area contributed by atoms with E-state index in [2.05, 4.69) is 20.6 Å². The number of rotatable bonds is 3. The van der Waals surface area contributed by atoms with Gasteiger partial charge in [-0.05, 0) is 60.5 Å². The Morgan fingerprint density at radius 3 is 2.65 bits per heavy atom. The largest absolute Gasteiger partial charge is 0.433 e. The quantitative estimate of drug-likeness (QED) is 0.703. The Morgan fingerprint density at radius 2 is 1.96 bits per heavy atom. The van der Waals surface area contributed by atoms with Crippen molar-refractivity contribution < 1.29 is 13.2 Å². The van der Waals surface area contributed by atoms with Gasteiger partial charge in [0.15, 0.2) is 0 Å². The highest BCUT2D eigenvalue weighted by atomic mass is 32.1. The molecule has 26 heavy (non-hydrogen) atoms. The molecule has 1 aliphatic heterocycles. The van der Waals surface area contributed by atoms with Gasteiger partial charge in [-0.3, -0.25) is 0 Å². The zero-order chi connectivity index (χ0) is 18.1. The molecule has 3 aromatic rings. The fourth-order valence-corrected chi connectivity index (χ4v) is 3.83. The third-order valence-electron chi connectivity index (χ3n) is 4.53. The van der Waals surface area contributed by atoms with Crippen LogP contribution in [-0.4, -0.2) is 29.1 Å². The zero-order valence-corrected chi connectivity index (χ0v) is 14.6. The molecule has 0 atom stereocenters. The van der Waals surface area contributed by atoms with Crippen molar-refractivity contribution in [2.45, 2.75) is 25.1 Å². The number of nitrogens with one attached hydrogen (secondary N) is 2. The monoisotopic (exact) mass is 378 g/mol. The SMILES string of the molecule is FC(F)(F)c1ccc2c(NC3CCNCC3)ncc(-c3ccsc3)c2n1. The number of thiophene rings is 1. The molecule has 0 amide bonds. The molecular formula is C18H17F3N4S. The first kappa shape index (κ1) is 17.2. The van der Waals surface area contributed by atoms with E-state index in [-0.39, 0.29) is 6.04 Å². The summed E-state index contributed by atoms with van der Waals surface area (Å²) in [5.41, 5.74) is 0.876. The molecular weight excluding hydrogens is 361 g/mol. The Kier molecular flexibility index (Phi) is 4.54. The van der Waals surface area contributed by atoms with E-state index in [1.165, 1.54) is 17.4 Å². The topological polar surface area (TPSA) is 49.8 Å². The van der Waals surface area contributed by atoms with Crippen LogP contribution < -0.4 is 10.6 Å². The standard InChI is InChI=1S/C18H17F3N4S/c19-18(20,21)15-2-1-13-16(25-15)14(11-5-8-26-10-11)9-23-17(13)24-12-3-6-22-7-4-12/h1-2,5,8-10,12,22H,3-4,6-7H2,(H,23,24). The molecule has 0 saturated carbocycles. The van der Waals surface area contributed by atoms with Gasteiger partial charge < -0.3 is 10.6 Å². The van der Waals surface area contributed by atoms with Gasteiger partial charge >= 0.3 is 6.18 Å². The predicted octanol–water partition coefficient (Wildman–Crippen LogP) is 4.54. The third kappa shape index (κ3) is 3.39. The molecule has 4 rings (SSSR count). The van der Waals surface area contributed by atoms with Gasteiger partial charge in [-0.25, -0.2) is 9.97 Å². The van der Waals surface area contributed by atoms with Crippen LogP contribution in [0.3, 0.4) is 0 Å². The summed E-state index contributed by atoms with van der Waals surface area (Å²) in [5.74, 6) is 0.590. The van der Waals surface area contributed by atoms with E-state index >= 15 is 0 Å². The number of anilines is 1. The average molecular weight is 378 g/mol. The van der Waals surface area contributed by atoms with E-state index in [0.29, 0.717) is 22.3 Å². The number of alkyl halides is 3. The number of pyridine rings is 2. The van der Waals surface area contributed by atoms with Crippen LogP contribution >= 0.6 is 11.3 Å². The van der Waals surface area contributed by atoms with Crippen LogP contribution in [0.4, 0.5) is 19.0 Å². The van der Waals surface area contributed by atoms with Gasteiger partial charge in [0, 0.05) is 23.2 Å². The molecule has 0 bridgehead atoms. The normalized spacial score (nSPS) is 16.1. The van der Waals surface area contributed by atoms with Crippen LogP contribution in [0.15, 0.2) is 35.2 Å². The van der Waals surface area contributed by atoms with E-state index < -0.39 is 11.9 Å². The molecule has 4 nitrogen and oxygen atoms in total. The molecule has 8 heteroatoms. The van der Waals surface area contributed by atoms with Crippen molar-refractivity contribution in [1.29, 1.82) is 0 Å². The molecule has 0 aromatic carbocycles. The van der Waals surface area contributed by atoms with Crippen molar-refractivity contribution in [3.63, 3.8) is 0 Å². The summed E-state index contributed by atoms with van der Waals surface area (Å²) in [6.07, 6.45) is -0.972. The van der Waals surface area contributed by atoms with Crippen LogP contribution in [0.1, 0.15) is 18.5 Å². The highest BCUT2D eigenvalue weighted by molar-refractivity contribution is 7.08. The second kappa shape index (κ2) is 6.85. The molecule has 1 fully saturated rings. The molecule has 0 aliphatic carbocycles. The predicted molar refractivity (Wildman–Crippen MR) is 97.4 cm³/mol. The van der Waals surface area contributed by atoms with Crippen LogP contribution in [0.2, 0.25) is 0 Å². The summed E-state index contributed by atoms with van der Waals surface area (Å²) in [6.45, 7) is 1.83. The molecule has 1 aliphatic rings. The summed E-state index contributed by atoms with van der Waals surface area (Å²) in [5, 5.41) is 11.1. The first-order chi connectivity index (χ1) is 12.5. The maximum absolute atomic E-state index is 13.2. The first-order valence-electron chi connectivity index (χ1n) is 8.39. The lowest BCUT2D eigenvalue weighted by atomic mass is 10.0. The van der Waals surface area contributed by atoms with Crippen LogP contribution in [-0.2, 0) is 6.18 Å². The second-order valence-corrected chi connectivity index (χ2v) is 7.07. The van der Waals surface area contributed by atoms with Crippen LogP contribution in [0.5, 0.6) is 0 Å². The van der Waals surface area contributed by atoms with Crippen molar-refractivity contribution in [1.82, 2.24) is 15.3 Å². The Morgan fingerprint density at radius 1 is 1.15 bits per heavy atom. The van der Waals surface area contributed by atoms with Crippen molar-refractivity contribution >= 4 is 28.1 Å². The maximum Gasteiger partial charge on any atom is 0.433 e. The minimum atomic E-state index is -4.48. The van der Waals surface area contributed by atoms with Gasteiger partial charge in [0.1, 0.15) is 11.5 Å². The third-order valence-corrected chi connectivity index (χ3v) is 5.21. The number of halogens is 3. The summed E-state index contributed by atoms with van der Waals surface area (Å²) in [6, 6.07) is 4.61. The van der Waals surface area contributed by atoms with Gasteiger partial charge in [0.05, 0.1) is 5.52 Å². The smallest absolute Gasteiger partial charge is 0.367 e. The number of nitrogens with zero attached hydrogens (tertiary/aromatic N) is 2. The first-order valence-corrected chi connectivity index (χ1v) is 9.33. The second-order valence-electron chi connectivity index (χ2n) is 6.29. The molecule has 0 unspecified atom stereocenters. The van der Waals surface area contributed by atoms with E-state index in [4.69, 9.17) is 0 Å². The molecule has 1 saturated heterocycles. The summed E-state index contributed by atoms with van der Waals surface area (Å²) in [4.78, 5) is 8.44. The molecule has 0 spiro atoms. The van der Waals surface area contributed by atoms with Crippen molar-refractivity contribution in [2.75, 3.05) is 18.4 Å². The average Bonchev–Trinajstić information content (AvgIpc) is 3.16. The number of aromatic nitrogens is 2. The molecule has 0 radical (unpaired) electrons. The summed E-state index contributed by atoms with van der Waals surface area (Å²) >= 11 is 1.49. The molecule has 3 aromatic heterocycles. The summed E-state index contributed by atoms with van der Waals surface area (Å²) < 4.78 is 39.5. The lowest BCUT2D eigenvalue weighted by molar-refractivity contribution is -0.140. The lowest BCUT2D eigenvalue weighted by Gasteiger charge is -2.25. The van der Waals surface area contributed by atoms with Gasteiger partial charge in [-0.1, -0.05) is 0 Å². The molecule has 4 heterocycles. The van der Waals surface area contributed by atoms with Crippen LogP contribution in [0, 0.1) is 0 Å². The van der Waals surface area contributed by atoms with Gasteiger partial charge in [-0.15, -0.1) is 0 Å². The Hall–Kier alpha value is -2.19. The van der Waals surface area contributed by atoms with E-state index in [1.54, 1.807) is 6.20 Å². The molecule has 136 valence electrons. The lowest BCUT2D eigenvalue weighted by Crippen LogP contribution is -2.35. The maximum atomic E-state index is 13.2. The molecule has 2 N–H and O–H groups in total. The number of fused-ring (bicyclic) bond motifs is 1. The fraction of sp³-hybridized carbons (Fsp3) is 0.333. The van der Waals surface area contributed by atoms with Crippen LogP contribution in [0.25, 0.3) is 22.0 Å². The number of piperidine rings is 1. The Labute approximate surface area is 152 Å². The van der Waals surface area contributed by atoms with Crippen molar-refractivity contribution in [2.24, 2.45) is 0 Å². The number of hydrogen-bond acceptors (Lipinski definition) is 5. The van der Waals surface area contributed by atoms with Crippen molar-refractivity contribution in [3.8, 4) is 11.1 Å².